The molecule has 0 aliphatic carbocycles. The smallest absolute Gasteiger partial charge is 0.253 e. The Morgan fingerprint density at radius 1 is 1.03 bits per heavy atom. The molecule has 1 aliphatic heterocycles. The number of ether oxygens (including phenoxy) is 1. The van der Waals surface area contributed by atoms with Crippen LogP contribution in [0.25, 0.3) is 15.9 Å². The minimum absolute atomic E-state index is 0.0673. The molecule has 0 spiro atoms. The van der Waals surface area contributed by atoms with Crippen molar-refractivity contribution < 1.29 is 9.53 Å². The van der Waals surface area contributed by atoms with E-state index in [0.717, 1.165) is 47.0 Å². The average molecular weight is 469 g/mol. The second-order valence-electron chi connectivity index (χ2n) is 8.62. The van der Waals surface area contributed by atoms with Crippen molar-refractivity contribution in [3.63, 3.8) is 0 Å². The average Bonchev–Trinajstić information content (AvgIpc) is 3.51. The Kier molecular flexibility index (Phi) is 5.47. The molecule has 4 heterocycles. The molecule has 0 bridgehead atoms. The van der Waals surface area contributed by atoms with E-state index in [2.05, 4.69) is 17.1 Å². The second-order valence-corrected chi connectivity index (χ2v) is 9.68. The molecule has 1 aliphatic rings. The van der Waals surface area contributed by atoms with Gasteiger partial charge in [-0.05, 0) is 61.4 Å². The number of fused-ring (bicyclic) bond motifs is 2. The quantitative estimate of drug-likeness (QED) is 0.340. The first kappa shape index (κ1) is 20.9. The first-order valence-electron chi connectivity index (χ1n) is 11.5. The highest BCUT2D eigenvalue weighted by atomic mass is 32.1. The Morgan fingerprint density at radius 2 is 1.88 bits per heavy atom. The summed E-state index contributed by atoms with van der Waals surface area (Å²) in [6, 6.07) is 21.6. The van der Waals surface area contributed by atoms with Gasteiger partial charge in [0.2, 0.25) is 0 Å². The molecule has 1 fully saturated rings. The molecule has 34 heavy (non-hydrogen) atoms. The van der Waals surface area contributed by atoms with Gasteiger partial charge in [-0.1, -0.05) is 18.2 Å². The summed E-state index contributed by atoms with van der Waals surface area (Å²) >= 11 is 1.75. The van der Waals surface area contributed by atoms with Crippen LogP contribution in [0.5, 0.6) is 5.75 Å². The molecule has 0 radical (unpaired) electrons. The van der Waals surface area contributed by atoms with Crippen LogP contribution >= 0.6 is 11.3 Å². The van der Waals surface area contributed by atoms with Gasteiger partial charge in [0.15, 0.2) is 0 Å². The summed E-state index contributed by atoms with van der Waals surface area (Å²) in [5, 5.41) is 1.13. The Balaban J connectivity index is 1.10. The van der Waals surface area contributed by atoms with Crippen LogP contribution in [-0.4, -0.2) is 38.3 Å². The van der Waals surface area contributed by atoms with Gasteiger partial charge in [-0.15, -0.1) is 11.3 Å². The molecular formula is C27H24N4O2S. The predicted octanol–water partition coefficient (Wildman–Crippen LogP) is 5.54. The molecule has 1 amide bonds. The van der Waals surface area contributed by atoms with Gasteiger partial charge in [0.25, 0.3) is 5.91 Å². The summed E-state index contributed by atoms with van der Waals surface area (Å²) in [5.41, 5.74) is 3.49. The molecule has 5 aromatic rings. The summed E-state index contributed by atoms with van der Waals surface area (Å²) in [4.78, 5) is 24.5. The van der Waals surface area contributed by atoms with Gasteiger partial charge in [-0.3, -0.25) is 4.79 Å². The minimum Gasteiger partial charge on any atom is -0.487 e. The van der Waals surface area contributed by atoms with Gasteiger partial charge in [-0.2, -0.15) is 0 Å². The number of imidazole rings is 1. The third kappa shape index (κ3) is 4.15. The van der Waals surface area contributed by atoms with Gasteiger partial charge >= 0.3 is 0 Å². The number of rotatable bonds is 5. The third-order valence-corrected chi connectivity index (χ3v) is 7.47. The zero-order valence-corrected chi connectivity index (χ0v) is 19.4. The molecule has 0 N–H and O–H groups in total. The number of para-hydroxylation sites is 1. The van der Waals surface area contributed by atoms with E-state index in [1.54, 1.807) is 11.3 Å². The van der Waals surface area contributed by atoms with Crippen LogP contribution < -0.4 is 4.74 Å². The predicted molar refractivity (Wildman–Crippen MR) is 133 cm³/mol. The lowest BCUT2D eigenvalue weighted by Gasteiger charge is -2.32. The van der Waals surface area contributed by atoms with Crippen molar-refractivity contribution in [1.82, 2.24) is 19.3 Å². The molecule has 1 atom stereocenters. The number of carbonyl (C=O) groups is 1. The van der Waals surface area contributed by atoms with Crippen molar-refractivity contribution in [2.24, 2.45) is 0 Å². The number of likely N-dealkylation sites (tertiary alicyclic amines) is 1. The molecule has 2 aromatic carbocycles. The van der Waals surface area contributed by atoms with Crippen molar-refractivity contribution in [2.75, 3.05) is 13.1 Å². The Labute approximate surface area is 201 Å². The second kappa shape index (κ2) is 8.91. The van der Waals surface area contributed by atoms with E-state index in [1.165, 1.54) is 4.70 Å². The first-order chi connectivity index (χ1) is 16.7. The Hall–Kier alpha value is -3.71. The fourth-order valence-corrected chi connectivity index (χ4v) is 5.61. The molecule has 6 nitrogen and oxygen atoms in total. The molecule has 0 saturated carbocycles. The Bertz CT molecular complexity index is 1390. The first-order valence-corrected chi connectivity index (χ1v) is 12.3. The van der Waals surface area contributed by atoms with Crippen molar-refractivity contribution in [1.29, 1.82) is 0 Å². The number of thiazole rings is 1. The summed E-state index contributed by atoms with van der Waals surface area (Å²) in [5.74, 6) is 1.08. The number of aromatic nitrogens is 3. The van der Waals surface area contributed by atoms with Crippen LogP contribution in [0, 0.1) is 0 Å². The molecular weight excluding hydrogens is 444 g/mol. The zero-order valence-electron chi connectivity index (χ0n) is 18.6. The van der Waals surface area contributed by atoms with Crippen LogP contribution in [-0.2, 0) is 6.61 Å². The molecule has 0 unspecified atom stereocenters. The zero-order chi connectivity index (χ0) is 22.9. The van der Waals surface area contributed by atoms with Gasteiger partial charge in [0.05, 0.1) is 20.9 Å². The van der Waals surface area contributed by atoms with E-state index in [-0.39, 0.29) is 5.91 Å². The van der Waals surface area contributed by atoms with E-state index in [4.69, 9.17) is 9.72 Å². The van der Waals surface area contributed by atoms with Crippen LogP contribution in [0.3, 0.4) is 0 Å². The lowest BCUT2D eigenvalue weighted by molar-refractivity contribution is 0.0707. The largest absolute Gasteiger partial charge is 0.487 e. The van der Waals surface area contributed by atoms with Gasteiger partial charge in [0, 0.05) is 37.0 Å². The van der Waals surface area contributed by atoms with E-state index < -0.39 is 0 Å². The number of carbonyl (C=O) groups excluding carboxylic acids is 1. The van der Waals surface area contributed by atoms with Gasteiger partial charge in [0.1, 0.15) is 18.0 Å². The molecule has 1 saturated heterocycles. The van der Waals surface area contributed by atoms with Crippen molar-refractivity contribution in [2.45, 2.75) is 25.4 Å². The number of hydrogen-bond donors (Lipinski definition) is 0. The van der Waals surface area contributed by atoms with E-state index in [0.29, 0.717) is 24.6 Å². The lowest BCUT2D eigenvalue weighted by atomic mass is 9.98. The summed E-state index contributed by atoms with van der Waals surface area (Å²) in [7, 11) is 0. The molecule has 6 rings (SSSR count). The Morgan fingerprint density at radius 3 is 2.74 bits per heavy atom. The fourth-order valence-electron chi connectivity index (χ4n) is 4.52. The van der Waals surface area contributed by atoms with Crippen molar-refractivity contribution >= 4 is 33.1 Å². The van der Waals surface area contributed by atoms with Crippen LogP contribution in [0.2, 0.25) is 0 Å². The number of nitrogens with zero attached hydrogens (tertiary/aromatic N) is 4. The summed E-state index contributed by atoms with van der Waals surface area (Å²) < 4.78 is 9.08. The number of amides is 1. The number of piperidine rings is 1. The van der Waals surface area contributed by atoms with E-state index >= 15 is 0 Å². The molecule has 3 aromatic heterocycles. The molecule has 7 heteroatoms. The highest BCUT2D eigenvalue weighted by molar-refractivity contribution is 7.18. The maximum absolute atomic E-state index is 13.2. The fraction of sp³-hybridized carbons (Fsp3) is 0.222. The van der Waals surface area contributed by atoms with Crippen LogP contribution in [0.1, 0.15) is 39.8 Å². The van der Waals surface area contributed by atoms with Gasteiger partial charge in [-0.25, -0.2) is 9.97 Å². The van der Waals surface area contributed by atoms with Gasteiger partial charge < -0.3 is 14.0 Å². The normalized spacial score (nSPS) is 16.2. The topological polar surface area (TPSA) is 59.7 Å². The third-order valence-electron chi connectivity index (χ3n) is 6.27. The summed E-state index contributed by atoms with van der Waals surface area (Å²) in [6.45, 7) is 1.88. The lowest BCUT2D eigenvalue weighted by Crippen LogP contribution is -2.39. The monoisotopic (exact) mass is 468 g/mol. The number of pyridine rings is 1. The molecule has 170 valence electrons. The minimum atomic E-state index is 0.0673. The van der Waals surface area contributed by atoms with Crippen molar-refractivity contribution in [3.8, 4) is 5.75 Å². The number of benzene rings is 2. The highest BCUT2D eigenvalue weighted by Crippen LogP contribution is 2.33. The van der Waals surface area contributed by atoms with Crippen LogP contribution in [0.4, 0.5) is 0 Å². The SMILES string of the molecule is O=C(c1ccc(OCc2cn3ccccc3n2)cc1)N1CCC[C@H](c2nc3ccccc3s2)C1. The maximum atomic E-state index is 13.2. The van der Waals surface area contributed by atoms with Crippen LogP contribution in [0.15, 0.2) is 79.1 Å². The maximum Gasteiger partial charge on any atom is 0.253 e. The van der Waals surface area contributed by atoms with E-state index in [9.17, 15) is 4.79 Å². The van der Waals surface area contributed by atoms with Crippen molar-refractivity contribution in [3.05, 3.63) is 95.4 Å². The number of hydrogen-bond acceptors (Lipinski definition) is 5. The van der Waals surface area contributed by atoms with E-state index in [1.807, 2.05) is 76.3 Å². The summed E-state index contributed by atoms with van der Waals surface area (Å²) in [6.07, 6.45) is 5.99. The standard InChI is InChI=1S/C27H24N4O2S/c32-27(31-15-5-6-20(16-31)26-29-23-7-1-2-8-24(23)34-26)19-10-12-22(13-11-19)33-18-21-17-30-14-4-3-9-25(30)28-21/h1-4,7-14,17,20H,5-6,15-16,18H2/t20-/m0/s1. The highest BCUT2D eigenvalue weighted by Gasteiger charge is 2.27.